The molecule has 96 valence electrons. The van der Waals surface area contributed by atoms with Crippen molar-refractivity contribution < 1.29 is 10.2 Å². The maximum Gasteiger partial charge on any atom is 0.268 e. The number of aromatic hydroxyl groups is 2. The topological polar surface area (TPSA) is 92.4 Å². The van der Waals surface area contributed by atoms with Crippen LogP contribution in [0.1, 0.15) is 26.5 Å². The lowest BCUT2D eigenvalue weighted by molar-refractivity contribution is 0.295. The van der Waals surface area contributed by atoms with E-state index in [1.54, 1.807) is 6.92 Å². The van der Waals surface area contributed by atoms with E-state index in [0.29, 0.717) is 5.69 Å². The smallest absolute Gasteiger partial charge is 0.268 e. The van der Waals surface area contributed by atoms with Crippen molar-refractivity contribution in [3.63, 3.8) is 0 Å². The molecule has 0 spiro atoms. The minimum absolute atomic E-state index is 0.132. The van der Waals surface area contributed by atoms with Gasteiger partial charge in [0.25, 0.3) is 5.43 Å². The van der Waals surface area contributed by atoms with Crippen LogP contribution in [0.25, 0.3) is 11.1 Å². The van der Waals surface area contributed by atoms with Crippen molar-refractivity contribution >= 4 is 0 Å². The minimum atomic E-state index is -0.924. The average Bonchev–Trinajstić information content (AvgIpc) is 2.56. The van der Waals surface area contributed by atoms with Crippen LogP contribution in [-0.2, 0) is 5.54 Å². The van der Waals surface area contributed by atoms with Gasteiger partial charge in [0.05, 0.1) is 22.4 Å². The first-order chi connectivity index (χ1) is 8.16. The summed E-state index contributed by atoms with van der Waals surface area (Å²) in [5, 5.41) is 23.7. The number of nitrogens with zero attached hydrogens (tertiary/aromatic N) is 2. The lowest BCUT2D eigenvalue weighted by atomic mass is 10.00. The van der Waals surface area contributed by atoms with Crippen LogP contribution in [0.2, 0.25) is 0 Å². The van der Waals surface area contributed by atoms with E-state index >= 15 is 0 Å². The summed E-state index contributed by atoms with van der Waals surface area (Å²) in [5.74, 6) is -0.825. The summed E-state index contributed by atoms with van der Waals surface area (Å²) in [6, 6.07) is 0. The zero-order chi connectivity index (χ0) is 13.8. The summed E-state index contributed by atoms with van der Waals surface area (Å²) < 4.78 is 1.36. The van der Waals surface area contributed by atoms with Crippen molar-refractivity contribution in [1.29, 1.82) is 0 Å². The predicted octanol–water partition coefficient (Wildman–Crippen LogP) is 0.621. The zero-order valence-electron chi connectivity index (χ0n) is 10.6. The maximum absolute atomic E-state index is 11.4. The molecule has 0 unspecified atom stereocenters. The van der Waals surface area contributed by atoms with E-state index in [4.69, 9.17) is 0 Å². The van der Waals surface area contributed by atoms with Crippen LogP contribution in [0.15, 0.2) is 9.59 Å². The normalized spacial score (nSPS) is 12.2. The quantitative estimate of drug-likeness (QED) is 0.724. The van der Waals surface area contributed by atoms with E-state index in [0.717, 1.165) is 0 Å². The molecule has 2 N–H and O–H groups in total. The van der Waals surface area contributed by atoms with Gasteiger partial charge in [-0.05, 0) is 27.7 Å². The Morgan fingerprint density at radius 3 is 2.00 bits per heavy atom. The van der Waals surface area contributed by atoms with Gasteiger partial charge in [-0.2, -0.15) is 5.10 Å². The van der Waals surface area contributed by atoms with Gasteiger partial charge in [0.15, 0.2) is 5.75 Å². The first-order valence-electron chi connectivity index (χ1n) is 5.48. The summed E-state index contributed by atoms with van der Waals surface area (Å²) in [7, 11) is 0. The lowest BCUT2D eigenvalue weighted by Gasteiger charge is -2.20. The van der Waals surface area contributed by atoms with Crippen LogP contribution in [0.3, 0.4) is 0 Å². The molecule has 0 radical (unpaired) electrons. The molecule has 18 heavy (non-hydrogen) atoms. The highest BCUT2D eigenvalue weighted by Gasteiger charge is 2.31. The lowest BCUT2D eigenvalue weighted by Crippen LogP contribution is -2.32. The van der Waals surface area contributed by atoms with E-state index in [-0.39, 0.29) is 17.0 Å². The molecule has 0 aliphatic carbocycles. The van der Waals surface area contributed by atoms with Crippen molar-refractivity contribution in [3.05, 3.63) is 26.1 Å². The van der Waals surface area contributed by atoms with E-state index in [1.807, 2.05) is 20.8 Å². The third-order valence-electron chi connectivity index (χ3n) is 2.81. The van der Waals surface area contributed by atoms with Gasteiger partial charge in [0, 0.05) is 0 Å². The van der Waals surface area contributed by atoms with Crippen molar-refractivity contribution in [1.82, 2.24) is 9.78 Å². The Bertz CT molecular complexity index is 697. The molecule has 2 rings (SSSR count). The van der Waals surface area contributed by atoms with Gasteiger partial charge in [-0.25, -0.2) is 4.68 Å². The number of aromatic nitrogens is 2. The maximum atomic E-state index is 11.4. The molecule has 0 atom stereocenters. The largest absolute Gasteiger partial charge is 0.503 e. The number of rotatable bonds is 1. The highest BCUT2D eigenvalue weighted by Crippen LogP contribution is 2.37. The van der Waals surface area contributed by atoms with Crippen LogP contribution in [-0.4, -0.2) is 20.0 Å². The van der Waals surface area contributed by atoms with E-state index in [9.17, 15) is 19.8 Å². The molecular weight excluding hydrogens is 236 g/mol. The van der Waals surface area contributed by atoms with Gasteiger partial charge in [-0.1, -0.05) is 0 Å². The fraction of sp³-hybridized carbons (Fsp3) is 0.417. The Kier molecular flexibility index (Phi) is 2.36. The van der Waals surface area contributed by atoms with Crippen molar-refractivity contribution in [3.8, 4) is 22.8 Å². The van der Waals surface area contributed by atoms with Gasteiger partial charge in [0.1, 0.15) is 0 Å². The Morgan fingerprint density at radius 2 is 1.61 bits per heavy atom. The standard InChI is InChI=1S/C12H14N2O4/c1-5-6(7-8(15)10(17)9(7)16)11(18)14(13-5)12(2,3)4/h15,18H,1-4H3. The first kappa shape index (κ1) is 12.3. The van der Waals surface area contributed by atoms with Gasteiger partial charge >= 0.3 is 0 Å². The molecule has 6 heteroatoms. The molecule has 0 saturated heterocycles. The molecule has 0 bridgehead atoms. The van der Waals surface area contributed by atoms with Crippen molar-refractivity contribution in [2.75, 3.05) is 0 Å². The summed E-state index contributed by atoms with van der Waals surface area (Å²) in [5.41, 5.74) is -1.81. The fourth-order valence-corrected chi connectivity index (χ4v) is 1.89. The molecule has 0 aliphatic heterocycles. The number of aryl methyl sites for hydroxylation is 1. The molecule has 1 aromatic heterocycles. The van der Waals surface area contributed by atoms with E-state index in [2.05, 4.69) is 5.10 Å². The number of hydrogen-bond acceptors (Lipinski definition) is 5. The summed E-state index contributed by atoms with van der Waals surface area (Å²) in [6.45, 7) is 7.12. The first-order valence-corrected chi connectivity index (χ1v) is 5.48. The highest BCUT2D eigenvalue weighted by atomic mass is 16.3. The molecule has 0 saturated carbocycles. The predicted molar refractivity (Wildman–Crippen MR) is 65.6 cm³/mol. The minimum Gasteiger partial charge on any atom is -0.503 e. The van der Waals surface area contributed by atoms with Crippen LogP contribution >= 0.6 is 0 Å². The summed E-state index contributed by atoms with van der Waals surface area (Å²) in [6.07, 6.45) is 0. The van der Waals surface area contributed by atoms with E-state index < -0.39 is 22.1 Å². The molecule has 0 aliphatic rings. The molecule has 1 aromatic carbocycles. The molecule has 1 heterocycles. The van der Waals surface area contributed by atoms with Gasteiger partial charge in [0.2, 0.25) is 11.3 Å². The van der Waals surface area contributed by atoms with E-state index in [1.165, 1.54) is 4.68 Å². The Balaban J connectivity index is 2.73. The van der Waals surface area contributed by atoms with Crippen LogP contribution in [0.5, 0.6) is 11.6 Å². The second-order valence-corrected chi connectivity index (χ2v) is 5.25. The molecule has 0 fully saturated rings. The van der Waals surface area contributed by atoms with Gasteiger partial charge in [-0.3, -0.25) is 9.59 Å². The van der Waals surface area contributed by atoms with Crippen molar-refractivity contribution in [2.45, 2.75) is 33.2 Å². The highest BCUT2D eigenvalue weighted by molar-refractivity contribution is 5.78. The second kappa shape index (κ2) is 3.44. The van der Waals surface area contributed by atoms with Crippen LogP contribution < -0.4 is 10.9 Å². The third kappa shape index (κ3) is 1.45. The number of hydrogen-bond donors (Lipinski definition) is 2. The van der Waals surface area contributed by atoms with Crippen LogP contribution in [0.4, 0.5) is 0 Å². The molecule has 0 amide bonds. The Labute approximate surface area is 103 Å². The average molecular weight is 250 g/mol. The fourth-order valence-electron chi connectivity index (χ4n) is 1.89. The molecular formula is C12H14N2O4. The summed E-state index contributed by atoms with van der Waals surface area (Å²) >= 11 is 0. The Hall–Kier alpha value is -2.11. The van der Waals surface area contributed by atoms with Crippen LogP contribution in [0, 0.1) is 6.92 Å². The van der Waals surface area contributed by atoms with Crippen molar-refractivity contribution in [2.24, 2.45) is 0 Å². The molecule has 6 nitrogen and oxygen atoms in total. The SMILES string of the molecule is Cc1nn(C(C)(C)C)c(O)c1-c1c(O)c(=O)c1=O. The zero-order valence-corrected chi connectivity index (χ0v) is 10.6. The third-order valence-corrected chi connectivity index (χ3v) is 2.81. The monoisotopic (exact) mass is 250 g/mol. The summed E-state index contributed by atoms with van der Waals surface area (Å²) in [4.78, 5) is 22.4. The van der Waals surface area contributed by atoms with Gasteiger partial charge < -0.3 is 10.2 Å². The molecule has 2 aromatic rings. The Morgan fingerprint density at radius 1 is 1.06 bits per heavy atom. The second-order valence-electron chi connectivity index (χ2n) is 5.25. The van der Waals surface area contributed by atoms with Gasteiger partial charge in [-0.15, -0.1) is 0 Å².